The van der Waals surface area contributed by atoms with Gasteiger partial charge in [-0.3, -0.25) is 9.48 Å². The van der Waals surface area contributed by atoms with E-state index in [0.717, 1.165) is 21.6 Å². The van der Waals surface area contributed by atoms with E-state index in [2.05, 4.69) is 15.5 Å². The van der Waals surface area contributed by atoms with Crippen LogP contribution in [0.1, 0.15) is 27.4 Å². The zero-order valence-electron chi connectivity index (χ0n) is 14.5. The van der Waals surface area contributed by atoms with Crippen molar-refractivity contribution in [2.45, 2.75) is 26.9 Å². The van der Waals surface area contributed by atoms with E-state index in [9.17, 15) is 9.59 Å². The number of aryl methyl sites for hydroxylation is 2. The van der Waals surface area contributed by atoms with Crippen LogP contribution in [0.4, 0.5) is 5.69 Å². The van der Waals surface area contributed by atoms with Crippen molar-refractivity contribution in [2.24, 2.45) is 0 Å². The van der Waals surface area contributed by atoms with E-state index in [4.69, 9.17) is 5.11 Å². The minimum Gasteiger partial charge on any atom is -0.477 e. The summed E-state index contributed by atoms with van der Waals surface area (Å²) in [7, 11) is 0. The van der Waals surface area contributed by atoms with Crippen molar-refractivity contribution in [3.05, 3.63) is 65.2 Å². The van der Waals surface area contributed by atoms with Gasteiger partial charge in [-0.15, -0.1) is 0 Å². The summed E-state index contributed by atoms with van der Waals surface area (Å²) >= 11 is 0. The van der Waals surface area contributed by atoms with Crippen LogP contribution in [0.25, 0.3) is 0 Å². The van der Waals surface area contributed by atoms with E-state index < -0.39 is 5.97 Å². The largest absolute Gasteiger partial charge is 0.477 e. The number of carbonyl (C=O) groups excluding carboxylic acids is 1. The second kappa shape index (κ2) is 7.22. The molecule has 26 heavy (non-hydrogen) atoms. The lowest BCUT2D eigenvalue weighted by Gasteiger charge is -2.09. The fourth-order valence-electron chi connectivity index (χ4n) is 2.73. The minimum atomic E-state index is -1.12. The number of hydrogen-bond acceptors (Lipinski definition) is 4. The predicted molar refractivity (Wildman–Crippen MR) is 95.1 cm³/mol. The third kappa shape index (κ3) is 3.97. The molecule has 2 N–H and O–H groups in total. The Morgan fingerprint density at radius 2 is 1.96 bits per heavy atom. The van der Waals surface area contributed by atoms with Gasteiger partial charge in [0.2, 0.25) is 5.91 Å². The van der Waals surface area contributed by atoms with Gasteiger partial charge in [0.05, 0.1) is 12.2 Å². The second-order valence-corrected chi connectivity index (χ2v) is 6.01. The van der Waals surface area contributed by atoms with Gasteiger partial charge in [-0.25, -0.2) is 9.48 Å². The van der Waals surface area contributed by atoms with E-state index in [0.29, 0.717) is 12.2 Å². The smallest absolute Gasteiger partial charge is 0.354 e. The molecule has 3 aromatic rings. The van der Waals surface area contributed by atoms with Crippen LogP contribution < -0.4 is 5.32 Å². The number of benzene rings is 1. The molecular formula is C18H19N5O3. The molecule has 0 spiro atoms. The zero-order valence-corrected chi connectivity index (χ0v) is 14.5. The van der Waals surface area contributed by atoms with Crippen molar-refractivity contribution in [3.8, 4) is 0 Å². The van der Waals surface area contributed by atoms with Crippen molar-refractivity contribution in [1.82, 2.24) is 19.6 Å². The first kappa shape index (κ1) is 17.4. The van der Waals surface area contributed by atoms with E-state index in [1.165, 1.54) is 12.3 Å². The summed E-state index contributed by atoms with van der Waals surface area (Å²) in [6.45, 7) is 4.37. The summed E-state index contributed by atoms with van der Waals surface area (Å²) in [5.41, 5.74) is 3.63. The average Bonchev–Trinajstić information content (AvgIpc) is 3.14. The topological polar surface area (TPSA) is 102 Å². The van der Waals surface area contributed by atoms with Gasteiger partial charge >= 0.3 is 5.97 Å². The molecule has 0 radical (unpaired) electrons. The number of nitrogens with zero attached hydrogens (tertiary/aromatic N) is 4. The van der Waals surface area contributed by atoms with Crippen LogP contribution >= 0.6 is 0 Å². The van der Waals surface area contributed by atoms with Gasteiger partial charge in [0.25, 0.3) is 0 Å². The third-order valence-corrected chi connectivity index (χ3v) is 3.88. The zero-order chi connectivity index (χ0) is 18.7. The number of aromatic carboxylic acids is 1. The molecular weight excluding hydrogens is 334 g/mol. The van der Waals surface area contributed by atoms with Crippen LogP contribution in [-0.4, -0.2) is 36.5 Å². The summed E-state index contributed by atoms with van der Waals surface area (Å²) < 4.78 is 3.05. The number of carboxylic acids is 1. The molecule has 8 heteroatoms. The van der Waals surface area contributed by atoms with Gasteiger partial charge in [0.15, 0.2) is 0 Å². The molecule has 1 amide bonds. The van der Waals surface area contributed by atoms with Gasteiger partial charge in [-0.05, 0) is 43.7 Å². The summed E-state index contributed by atoms with van der Waals surface area (Å²) in [5, 5.41) is 20.1. The first-order valence-electron chi connectivity index (χ1n) is 8.07. The third-order valence-electron chi connectivity index (χ3n) is 3.88. The van der Waals surface area contributed by atoms with Gasteiger partial charge in [-0.2, -0.15) is 10.2 Å². The van der Waals surface area contributed by atoms with E-state index in [-0.39, 0.29) is 18.1 Å². The average molecular weight is 353 g/mol. The molecule has 3 rings (SSSR count). The molecule has 0 fully saturated rings. The highest BCUT2D eigenvalue weighted by molar-refractivity contribution is 5.92. The number of amides is 1. The van der Waals surface area contributed by atoms with E-state index in [1.807, 2.05) is 42.8 Å². The SMILES string of the molecule is Cc1cc(C)n(Cc2cccc(NC(=O)Cn3nccc3C(=O)O)c2)n1. The summed E-state index contributed by atoms with van der Waals surface area (Å²) in [5.74, 6) is -1.47. The van der Waals surface area contributed by atoms with Gasteiger partial charge in [0, 0.05) is 17.6 Å². The van der Waals surface area contributed by atoms with Crippen molar-refractivity contribution < 1.29 is 14.7 Å². The first-order chi connectivity index (χ1) is 12.4. The molecule has 2 aromatic heterocycles. The number of nitrogens with one attached hydrogen (secondary N) is 1. The van der Waals surface area contributed by atoms with Crippen LogP contribution in [0.5, 0.6) is 0 Å². The van der Waals surface area contributed by atoms with Crippen LogP contribution in [0.15, 0.2) is 42.6 Å². The van der Waals surface area contributed by atoms with Crippen LogP contribution in [-0.2, 0) is 17.9 Å². The molecule has 0 unspecified atom stereocenters. The molecule has 0 saturated carbocycles. The Labute approximate surface area is 150 Å². The molecule has 8 nitrogen and oxygen atoms in total. The lowest BCUT2D eigenvalue weighted by atomic mass is 10.2. The second-order valence-electron chi connectivity index (χ2n) is 6.01. The minimum absolute atomic E-state index is 0.0292. The van der Waals surface area contributed by atoms with Gasteiger partial charge in [-0.1, -0.05) is 12.1 Å². The highest BCUT2D eigenvalue weighted by Gasteiger charge is 2.13. The van der Waals surface area contributed by atoms with Gasteiger partial charge in [0.1, 0.15) is 12.2 Å². The number of anilines is 1. The fourth-order valence-corrected chi connectivity index (χ4v) is 2.73. The number of carboxylic acid groups (broad SMARTS) is 1. The van der Waals surface area contributed by atoms with Crippen LogP contribution in [0, 0.1) is 13.8 Å². The van der Waals surface area contributed by atoms with Crippen LogP contribution in [0.2, 0.25) is 0 Å². The molecule has 0 aliphatic heterocycles. The lowest BCUT2D eigenvalue weighted by molar-refractivity contribution is -0.116. The highest BCUT2D eigenvalue weighted by Crippen LogP contribution is 2.13. The van der Waals surface area contributed by atoms with Crippen molar-refractivity contribution >= 4 is 17.6 Å². The molecule has 0 aliphatic rings. The molecule has 0 atom stereocenters. The van der Waals surface area contributed by atoms with Crippen molar-refractivity contribution in [1.29, 1.82) is 0 Å². The Morgan fingerprint density at radius 1 is 1.15 bits per heavy atom. The van der Waals surface area contributed by atoms with Crippen molar-refractivity contribution in [3.63, 3.8) is 0 Å². The Morgan fingerprint density at radius 3 is 2.65 bits per heavy atom. The summed E-state index contributed by atoms with van der Waals surface area (Å²) in [4.78, 5) is 23.3. The van der Waals surface area contributed by atoms with Crippen LogP contribution in [0.3, 0.4) is 0 Å². The van der Waals surface area contributed by atoms with E-state index in [1.54, 1.807) is 6.07 Å². The monoisotopic (exact) mass is 353 g/mol. The molecule has 2 heterocycles. The fraction of sp³-hybridized carbons (Fsp3) is 0.222. The molecule has 134 valence electrons. The normalized spacial score (nSPS) is 10.7. The standard InChI is InChI=1S/C18H19N5O3/c1-12-8-13(2)22(21-12)10-14-4-3-5-15(9-14)20-17(24)11-23-16(18(25)26)6-7-19-23/h3-9H,10-11H2,1-2H3,(H,20,24)(H,25,26). The number of aromatic nitrogens is 4. The quantitative estimate of drug-likeness (QED) is 0.706. The summed E-state index contributed by atoms with van der Waals surface area (Å²) in [6.07, 6.45) is 1.35. The maximum absolute atomic E-state index is 12.2. The number of hydrogen-bond donors (Lipinski definition) is 2. The predicted octanol–water partition coefficient (Wildman–Crippen LogP) is 2.08. The van der Waals surface area contributed by atoms with E-state index >= 15 is 0 Å². The lowest BCUT2D eigenvalue weighted by Crippen LogP contribution is -2.22. The Kier molecular flexibility index (Phi) is 4.83. The molecule has 1 aromatic carbocycles. The first-order valence-corrected chi connectivity index (χ1v) is 8.07. The Hall–Kier alpha value is -3.42. The molecule has 0 saturated heterocycles. The van der Waals surface area contributed by atoms with Gasteiger partial charge < -0.3 is 10.4 Å². The highest BCUT2D eigenvalue weighted by atomic mass is 16.4. The van der Waals surface area contributed by atoms with Crippen molar-refractivity contribution in [2.75, 3.05) is 5.32 Å². The summed E-state index contributed by atoms with van der Waals surface area (Å²) in [6, 6.07) is 10.8. The number of carbonyl (C=O) groups is 2. The number of rotatable bonds is 6. The maximum Gasteiger partial charge on any atom is 0.354 e. The Bertz CT molecular complexity index is 957. The molecule has 0 aliphatic carbocycles. The maximum atomic E-state index is 12.2. The Balaban J connectivity index is 1.68. The molecule has 0 bridgehead atoms.